The van der Waals surface area contributed by atoms with Gasteiger partial charge < -0.3 is 0 Å². The van der Waals surface area contributed by atoms with E-state index in [4.69, 9.17) is 0 Å². The number of hydrogen-bond acceptors (Lipinski definition) is 4. The van der Waals surface area contributed by atoms with Crippen LogP contribution in [0, 0.1) is 0 Å². The van der Waals surface area contributed by atoms with Crippen LogP contribution in [0.1, 0.15) is 32.3 Å². The average Bonchev–Trinajstić information content (AvgIpc) is 2.88. The van der Waals surface area contributed by atoms with Gasteiger partial charge in [0, 0.05) is 6.54 Å². The number of benzene rings is 2. The third-order valence-corrected chi connectivity index (χ3v) is 6.43. The summed E-state index contributed by atoms with van der Waals surface area (Å²) in [5.41, 5.74) is 2.36. The predicted molar refractivity (Wildman–Crippen MR) is 103 cm³/mol. The van der Waals surface area contributed by atoms with Gasteiger partial charge in [0.2, 0.25) is 0 Å². The third-order valence-electron chi connectivity index (χ3n) is 4.09. The third kappa shape index (κ3) is 3.48. The minimum Gasteiger partial charge on any atom is -0.299 e. The molecule has 0 atom stereocenters. The molecule has 0 aliphatic rings. The molecule has 0 unspecified atom stereocenters. The number of nitrogens with zero attached hydrogens (tertiary/aromatic N) is 1. The number of rotatable bonds is 5. The van der Waals surface area contributed by atoms with Crippen LogP contribution in [0.5, 0.6) is 0 Å². The highest BCUT2D eigenvalue weighted by molar-refractivity contribution is 7.92. The summed E-state index contributed by atoms with van der Waals surface area (Å²) in [6, 6.07) is 12.0. The van der Waals surface area contributed by atoms with E-state index in [1.807, 2.05) is 19.1 Å². The maximum atomic E-state index is 12.6. The number of sulfonamides is 1. The molecule has 0 radical (unpaired) electrons. The Morgan fingerprint density at radius 3 is 2.40 bits per heavy atom. The molecule has 132 valence electrons. The zero-order valence-electron chi connectivity index (χ0n) is 14.3. The van der Waals surface area contributed by atoms with Crippen LogP contribution >= 0.6 is 11.3 Å². The van der Waals surface area contributed by atoms with Crippen LogP contribution in [-0.4, -0.2) is 13.0 Å². The Morgan fingerprint density at radius 1 is 1.12 bits per heavy atom. The summed E-state index contributed by atoms with van der Waals surface area (Å²) in [5, 5.41) is 0. The molecule has 5 nitrogen and oxygen atoms in total. The van der Waals surface area contributed by atoms with Crippen molar-refractivity contribution in [3.05, 3.63) is 57.7 Å². The molecular weight excluding hydrogens is 356 g/mol. The van der Waals surface area contributed by atoms with Gasteiger partial charge in [0.1, 0.15) is 0 Å². The van der Waals surface area contributed by atoms with Crippen molar-refractivity contribution in [3.8, 4) is 0 Å². The van der Waals surface area contributed by atoms with Crippen molar-refractivity contribution in [2.45, 2.75) is 38.1 Å². The van der Waals surface area contributed by atoms with Crippen LogP contribution in [0.3, 0.4) is 0 Å². The highest BCUT2D eigenvalue weighted by atomic mass is 32.2. The maximum Gasteiger partial charge on any atom is 0.308 e. The molecule has 3 aromatic rings. The maximum absolute atomic E-state index is 12.6. The van der Waals surface area contributed by atoms with Gasteiger partial charge in [-0.15, -0.1) is 0 Å². The van der Waals surface area contributed by atoms with Gasteiger partial charge in [-0.2, -0.15) is 0 Å². The van der Waals surface area contributed by atoms with Crippen molar-refractivity contribution in [2.24, 2.45) is 0 Å². The number of thiazole rings is 1. The quantitative estimate of drug-likeness (QED) is 0.732. The van der Waals surface area contributed by atoms with Crippen molar-refractivity contribution in [3.63, 3.8) is 0 Å². The fourth-order valence-electron chi connectivity index (χ4n) is 2.68. The Bertz CT molecular complexity index is 1060. The average molecular weight is 377 g/mol. The smallest absolute Gasteiger partial charge is 0.299 e. The van der Waals surface area contributed by atoms with Crippen LogP contribution in [0.25, 0.3) is 10.2 Å². The largest absolute Gasteiger partial charge is 0.308 e. The molecular formula is C18H20N2O3S2. The summed E-state index contributed by atoms with van der Waals surface area (Å²) >= 11 is 1.12. The van der Waals surface area contributed by atoms with Gasteiger partial charge in [-0.1, -0.05) is 37.3 Å². The molecule has 1 heterocycles. The van der Waals surface area contributed by atoms with E-state index in [0.717, 1.165) is 27.1 Å². The zero-order chi connectivity index (χ0) is 18.2. The number of aromatic nitrogens is 1. The highest BCUT2D eigenvalue weighted by Crippen LogP contribution is 2.24. The van der Waals surface area contributed by atoms with Crippen molar-refractivity contribution in [1.29, 1.82) is 0 Å². The highest BCUT2D eigenvalue weighted by Gasteiger charge is 2.15. The molecule has 2 aromatic carbocycles. The molecule has 3 rings (SSSR count). The number of aryl methyl sites for hydroxylation is 1. The van der Waals surface area contributed by atoms with Crippen LogP contribution in [0.2, 0.25) is 0 Å². The number of anilines is 1. The number of fused-ring (bicyclic) bond motifs is 1. The van der Waals surface area contributed by atoms with Gasteiger partial charge in [-0.25, -0.2) is 8.42 Å². The van der Waals surface area contributed by atoms with Crippen LogP contribution in [-0.2, 0) is 16.6 Å². The summed E-state index contributed by atoms with van der Waals surface area (Å²) in [6.07, 6.45) is 0. The fraction of sp³-hybridized carbons (Fsp3) is 0.278. The van der Waals surface area contributed by atoms with E-state index in [1.165, 1.54) is 0 Å². The summed E-state index contributed by atoms with van der Waals surface area (Å²) in [6.45, 7) is 6.62. The summed E-state index contributed by atoms with van der Waals surface area (Å²) in [7, 11) is -3.66. The molecule has 0 aliphatic carbocycles. The van der Waals surface area contributed by atoms with Crippen molar-refractivity contribution >= 4 is 37.3 Å². The predicted octanol–water partition coefficient (Wildman–Crippen LogP) is 4.01. The van der Waals surface area contributed by atoms with E-state index in [1.54, 1.807) is 34.9 Å². The van der Waals surface area contributed by atoms with Crippen molar-refractivity contribution < 1.29 is 8.42 Å². The molecule has 0 amide bonds. The van der Waals surface area contributed by atoms with E-state index >= 15 is 0 Å². The van der Waals surface area contributed by atoms with Gasteiger partial charge in [0.05, 0.1) is 20.8 Å². The second-order valence-corrected chi connectivity index (χ2v) is 8.80. The molecule has 0 saturated carbocycles. The number of hydrogen-bond donors (Lipinski definition) is 1. The molecule has 0 aliphatic heterocycles. The zero-order valence-corrected chi connectivity index (χ0v) is 15.9. The van der Waals surface area contributed by atoms with Crippen LogP contribution in [0.15, 0.2) is 52.2 Å². The normalized spacial score (nSPS) is 12.0. The van der Waals surface area contributed by atoms with Gasteiger partial charge in [0.15, 0.2) is 0 Å². The summed E-state index contributed by atoms with van der Waals surface area (Å²) in [5.74, 6) is 0.345. The Labute approximate surface area is 151 Å². The molecule has 0 bridgehead atoms. The minimum absolute atomic E-state index is 0.0400. The Hall–Kier alpha value is -2.12. The fourth-order valence-corrected chi connectivity index (χ4v) is 4.72. The monoisotopic (exact) mass is 376 g/mol. The standard InChI is InChI=1S/C18H20N2O3S2/c1-4-20-16-10-7-14(11-17(16)24-18(20)21)19-25(22,23)15-8-5-13(6-9-15)12(2)3/h5-12,19H,4H2,1-3H3. The van der Waals surface area contributed by atoms with E-state index < -0.39 is 10.0 Å². The van der Waals surface area contributed by atoms with Gasteiger partial charge in [-0.05, 0) is 48.7 Å². The summed E-state index contributed by atoms with van der Waals surface area (Å²) < 4.78 is 30.2. The van der Waals surface area contributed by atoms with E-state index in [9.17, 15) is 13.2 Å². The van der Waals surface area contributed by atoms with Crippen molar-refractivity contribution in [2.75, 3.05) is 4.72 Å². The topological polar surface area (TPSA) is 68.2 Å². The minimum atomic E-state index is -3.66. The first-order valence-corrected chi connectivity index (χ1v) is 10.4. The second-order valence-electron chi connectivity index (χ2n) is 6.12. The van der Waals surface area contributed by atoms with Crippen LogP contribution in [0.4, 0.5) is 5.69 Å². The SMILES string of the molecule is CCn1c(=O)sc2cc(NS(=O)(=O)c3ccc(C(C)C)cc3)ccc21. The Kier molecular flexibility index (Phi) is 4.71. The van der Waals surface area contributed by atoms with E-state index in [-0.39, 0.29) is 9.77 Å². The molecule has 1 aromatic heterocycles. The van der Waals surface area contributed by atoms with Crippen molar-refractivity contribution in [1.82, 2.24) is 4.57 Å². The van der Waals surface area contributed by atoms with Gasteiger partial charge >= 0.3 is 4.87 Å². The molecule has 0 spiro atoms. The first-order chi connectivity index (χ1) is 11.8. The second kappa shape index (κ2) is 6.65. The lowest BCUT2D eigenvalue weighted by molar-refractivity contribution is 0.601. The lowest BCUT2D eigenvalue weighted by Gasteiger charge is -2.10. The number of nitrogens with one attached hydrogen (secondary N) is 1. The Morgan fingerprint density at radius 2 is 1.80 bits per heavy atom. The lowest BCUT2D eigenvalue weighted by Crippen LogP contribution is -2.13. The Balaban J connectivity index is 1.92. The molecule has 0 saturated heterocycles. The first kappa shape index (κ1) is 17.7. The van der Waals surface area contributed by atoms with E-state index in [0.29, 0.717) is 18.2 Å². The lowest BCUT2D eigenvalue weighted by atomic mass is 10.0. The molecule has 7 heteroatoms. The molecule has 0 fully saturated rings. The van der Waals surface area contributed by atoms with Gasteiger partial charge in [-0.3, -0.25) is 14.1 Å². The van der Waals surface area contributed by atoms with E-state index in [2.05, 4.69) is 18.6 Å². The van der Waals surface area contributed by atoms with Crippen LogP contribution < -0.4 is 9.60 Å². The molecule has 25 heavy (non-hydrogen) atoms. The van der Waals surface area contributed by atoms with Gasteiger partial charge in [0.25, 0.3) is 10.0 Å². The summed E-state index contributed by atoms with van der Waals surface area (Å²) in [4.78, 5) is 12.1. The molecule has 1 N–H and O–H groups in total. The first-order valence-electron chi connectivity index (χ1n) is 8.08.